The molecule has 0 radical (unpaired) electrons. The van der Waals surface area contributed by atoms with Crippen LogP contribution in [0.25, 0.3) is 33.5 Å². The molecule has 4 heterocycles. The number of nitrogens with zero attached hydrogens (tertiary/aromatic N) is 6. The predicted octanol–water partition coefficient (Wildman–Crippen LogP) is 3.09. The van der Waals surface area contributed by atoms with Crippen LogP contribution < -0.4 is 10.6 Å². The quantitative estimate of drug-likeness (QED) is 0.384. The molecule has 1 aliphatic heterocycles. The van der Waals surface area contributed by atoms with Crippen LogP contribution in [-0.2, 0) is 11.3 Å². The van der Waals surface area contributed by atoms with Gasteiger partial charge < -0.3 is 15.0 Å². The number of aromatic amines is 1. The summed E-state index contributed by atoms with van der Waals surface area (Å²) in [6.07, 6.45) is 6.44. The molecule has 0 spiro atoms. The monoisotopic (exact) mass is 475 g/mol. The summed E-state index contributed by atoms with van der Waals surface area (Å²) in [6.45, 7) is 6.69. The summed E-state index contributed by atoms with van der Waals surface area (Å²) in [6, 6.07) is 5.66. The Morgan fingerprint density at radius 3 is 2.54 bits per heavy atom. The molecule has 0 saturated carbocycles. The van der Waals surface area contributed by atoms with E-state index >= 15 is 0 Å². The summed E-state index contributed by atoms with van der Waals surface area (Å²) in [5.41, 5.74) is 3.83. The number of imidazole rings is 1. The first-order chi connectivity index (χ1) is 16.7. The lowest BCUT2D eigenvalue weighted by molar-refractivity contribution is 0.167. The number of ether oxygens (including phenoxy) is 1. The Bertz CT molecular complexity index is 1270. The number of hydrogen-bond donors (Lipinski definition) is 3. The fourth-order valence-corrected chi connectivity index (χ4v) is 3.87. The highest BCUT2D eigenvalue weighted by Crippen LogP contribution is 2.32. The number of rotatable bonds is 6. The lowest BCUT2D eigenvalue weighted by Crippen LogP contribution is -2.43. The normalized spacial score (nSPS) is 13.9. The molecule has 1 aliphatic rings. The van der Waals surface area contributed by atoms with Gasteiger partial charge in [-0.05, 0) is 30.7 Å². The maximum absolute atomic E-state index is 11.9. The van der Waals surface area contributed by atoms with Crippen LogP contribution in [0.4, 0.5) is 10.7 Å². The maximum atomic E-state index is 11.9. The molecule has 5 rings (SSSR count). The van der Waals surface area contributed by atoms with E-state index in [-0.39, 0.29) is 20.0 Å². The second-order valence-electron chi connectivity index (χ2n) is 7.84. The fourth-order valence-electron chi connectivity index (χ4n) is 3.87. The highest BCUT2D eigenvalue weighted by atomic mass is 16.5. The first kappa shape index (κ1) is 24.2. The van der Waals surface area contributed by atoms with Gasteiger partial charge in [-0.2, -0.15) is 0 Å². The highest BCUT2D eigenvalue weighted by molar-refractivity contribution is 5.96. The van der Waals surface area contributed by atoms with Gasteiger partial charge in [-0.25, -0.2) is 29.7 Å². The number of benzene rings is 1. The molecule has 0 unspecified atom stereocenters. The summed E-state index contributed by atoms with van der Waals surface area (Å²) in [7, 11) is 0. The van der Waals surface area contributed by atoms with Gasteiger partial charge in [0.25, 0.3) is 0 Å². The molecule has 0 bridgehead atoms. The third-order valence-electron chi connectivity index (χ3n) is 5.50. The van der Waals surface area contributed by atoms with Gasteiger partial charge in [0.05, 0.1) is 18.7 Å². The van der Waals surface area contributed by atoms with Gasteiger partial charge in [0.1, 0.15) is 11.3 Å². The first-order valence-electron chi connectivity index (χ1n) is 11.2. The van der Waals surface area contributed by atoms with E-state index in [9.17, 15) is 4.79 Å². The minimum absolute atomic E-state index is 0. The topological polar surface area (TPSA) is 134 Å². The molecule has 0 atom stereocenters. The van der Waals surface area contributed by atoms with Crippen LogP contribution in [0, 0.1) is 0 Å². The van der Waals surface area contributed by atoms with Crippen LogP contribution in [-0.4, -0.2) is 73.7 Å². The highest BCUT2D eigenvalue weighted by Gasteiger charge is 2.16. The van der Waals surface area contributed by atoms with Crippen LogP contribution in [0.2, 0.25) is 0 Å². The molecule has 11 nitrogen and oxygen atoms in total. The van der Waals surface area contributed by atoms with Crippen molar-refractivity contribution < 1.29 is 9.53 Å². The van der Waals surface area contributed by atoms with Crippen LogP contribution in [0.5, 0.6) is 0 Å². The zero-order valence-electron chi connectivity index (χ0n) is 18.8. The summed E-state index contributed by atoms with van der Waals surface area (Å²) in [5, 5.41) is 5.97. The lowest BCUT2D eigenvalue weighted by Gasteiger charge is -2.26. The van der Waals surface area contributed by atoms with Crippen molar-refractivity contribution >= 4 is 23.1 Å². The average molecular weight is 476 g/mol. The zero-order valence-corrected chi connectivity index (χ0v) is 18.8. The van der Waals surface area contributed by atoms with Crippen molar-refractivity contribution in [3.05, 3.63) is 48.8 Å². The Balaban J connectivity index is 0.00000289. The molecule has 3 aromatic heterocycles. The molecule has 0 aliphatic carbocycles. The number of anilines is 1. The summed E-state index contributed by atoms with van der Waals surface area (Å²) < 4.78 is 4.96. The van der Waals surface area contributed by atoms with Gasteiger partial charge in [-0.15, -0.1) is 0 Å². The van der Waals surface area contributed by atoms with E-state index in [1.807, 2.05) is 24.5 Å². The van der Waals surface area contributed by atoms with E-state index in [4.69, 9.17) is 4.74 Å². The minimum atomic E-state index is -0.576. The van der Waals surface area contributed by atoms with Crippen molar-refractivity contribution in [2.45, 2.75) is 20.9 Å². The second kappa shape index (κ2) is 11.0. The molecular formula is C24H29N9O2. The van der Waals surface area contributed by atoms with Crippen LogP contribution >= 0.6 is 0 Å². The molecule has 4 aromatic rings. The van der Waals surface area contributed by atoms with Crippen molar-refractivity contribution in [2.24, 2.45) is 0 Å². The van der Waals surface area contributed by atoms with Crippen LogP contribution in [0.3, 0.4) is 0 Å². The lowest BCUT2D eigenvalue weighted by atomic mass is 10.0. The number of aromatic nitrogens is 6. The molecular weight excluding hydrogens is 446 g/mol. The van der Waals surface area contributed by atoms with Crippen LogP contribution in [0.1, 0.15) is 20.2 Å². The minimum Gasteiger partial charge on any atom is -0.450 e. The van der Waals surface area contributed by atoms with Crippen molar-refractivity contribution in [1.82, 2.24) is 40.1 Å². The number of amides is 1. The van der Waals surface area contributed by atoms with Gasteiger partial charge in [0.2, 0.25) is 5.95 Å². The largest absolute Gasteiger partial charge is 0.450 e. The number of carbonyl (C=O) groups is 1. The fraction of sp³-hybridized carbons (Fsp3) is 0.333. The van der Waals surface area contributed by atoms with Gasteiger partial charge in [-0.3, -0.25) is 10.2 Å². The Morgan fingerprint density at radius 1 is 1.09 bits per heavy atom. The summed E-state index contributed by atoms with van der Waals surface area (Å²) >= 11 is 0. The molecule has 1 fully saturated rings. The van der Waals surface area contributed by atoms with Gasteiger partial charge >= 0.3 is 6.09 Å². The van der Waals surface area contributed by atoms with Crippen LogP contribution in [0.15, 0.2) is 43.0 Å². The second-order valence-corrected chi connectivity index (χ2v) is 7.84. The molecule has 3 N–H and O–H groups in total. The molecule has 11 heteroatoms. The standard InChI is InChI=1S/C23H25N9O2.CH4/c1-2-34-23(33)31-22-29-18-11-15(10-17(20(18)30-22)21-25-4-3-5-26-21)16-12-27-19(28-13-16)14-32-8-6-24-7-9-32;/h3-5,10-13,24H,2,6-9,14H2,1H3,(H2,29,30,31,33);1H4. The molecule has 182 valence electrons. The van der Waals surface area contributed by atoms with E-state index in [0.717, 1.165) is 60.8 Å². The van der Waals surface area contributed by atoms with E-state index in [1.54, 1.807) is 25.4 Å². The van der Waals surface area contributed by atoms with Gasteiger partial charge in [0, 0.05) is 62.1 Å². The SMILES string of the molecule is C.CCOC(=O)Nc1nc2c(-c3ncccn3)cc(-c3cnc(CN4CCNCC4)nc3)cc2[nH]1. The summed E-state index contributed by atoms with van der Waals surface area (Å²) in [4.78, 5) is 39.9. The Morgan fingerprint density at radius 2 is 1.83 bits per heavy atom. The third kappa shape index (κ3) is 5.58. The number of nitrogens with one attached hydrogen (secondary N) is 3. The van der Waals surface area contributed by atoms with E-state index in [2.05, 4.69) is 45.4 Å². The average Bonchev–Trinajstić information content (AvgIpc) is 3.27. The van der Waals surface area contributed by atoms with E-state index in [0.29, 0.717) is 11.3 Å². The summed E-state index contributed by atoms with van der Waals surface area (Å²) in [5.74, 6) is 1.60. The van der Waals surface area contributed by atoms with Crippen molar-refractivity contribution in [3.8, 4) is 22.5 Å². The predicted molar refractivity (Wildman–Crippen MR) is 134 cm³/mol. The molecule has 35 heavy (non-hydrogen) atoms. The Labute approximate surface area is 203 Å². The molecule has 1 amide bonds. The van der Waals surface area contributed by atoms with Crippen molar-refractivity contribution in [2.75, 3.05) is 38.1 Å². The van der Waals surface area contributed by atoms with E-state index < -0.39 is 6.09 Å². The Kier molecular flexibility index (Phi) is 7.58. The van der Waals surface area contributed by atoms with Gasteiger partial charge in [-0.1, -0.05) is 7.43 Å². The van der Waals surface area contributed by atoms with Crippen molar-refractivity contribution in [3.63, 3.8) is 0 Å². The molecule has 1 aromatic carbocycles. The zero-order chi connectivity index (χ0) is 23.3. The Hall–Kier alpha value is -3.96. The first-order valence-corrected chi connectivity index (χ1v) is 11.2. The number of carbonyl (C=O) groups excluding carboxylic acids is 1. The maximum Gasteiger partial charge on any atom is 0.413 e. The molecule has 1 saturated heterocycles. The number of hydrogen-bond acceptors (Lipinski definition) is 9. The van der Waals surface area contributed by atoms with Gasteiger partial charge in [0.15, 0.2) is 5.82 Å². The van der Waals surface area contributed by atoms with E-state index in [1.165, 1.54) is 0 Å². The number of piperazine rings is 1. The van der Waals surface area contributed by atoms with Crippen molar-refractivity contribution in [1.29, 1.82) is 0 Å². The number of fused-ring (bicyclic) bond motifs is 1. The smallest absolute Gasteiger partial charge is 0.413 e. The number of H-pyrrole nitrogens is 1. The third-order valence-corrected chi connectivity index (χ3v) is 5.50.